The van der Waals surface area contributed by atoms with Gasteiger partial charge in [0.25, 0.3) is 5.56 Å². The van der Waals surface area contributed by atoms with Gasteiger partial charge < -0.3 is 19.7 Å². The molecule has 0 saturated carbocycles. The summed E-state index contributed by atoms with van der Waals surface area (Å²) < 4.78 is 38.9. The lowest BCUT2D eigenvalue weighted by Crippen LogP contribution is -2.53. The lowest BCUT2D eigenvalue weighted by molar-refractivity contribution is -0.139. The fraction of sp³-hybridized carbons (Fsp3) is 0.533. The van der Waals surface area contributed by atoms with Gasteiger partial charge in [0, 0.05) is 45.0 Å². The van der Waals surface area contributed by atoms with Crippen molar-refractivity contribution in [3.63, 3.8) is 0 Å². The zero-order valence-electron chi connectivity index (χ0n) is 13.7. The van der Waals surface area contributed by atoms with Gasteiger partial charge in [-0.15, -0.1) is 0 Å². The van der Waals surface area contributed by atoms with Crippen molar-refractivity contribution < 1.29 is 22.8 Å². The third kappa shape index (κ3) is 4.74. The van der Waals surface area contributed by atoms with Crippen LogP contribution in [0.5, 0.6) is 0 Å². The molecular weight excluding hydrogens is 341 g/mol. The molecule has 3 amide bonds. The van der Waals surface area contributed by atoms with Gasteiger partial charge in [-0.1, -0.05) is 0 Å². The van der Waals surface area contributed by atoms with Crippen LogP contribution in [0.3, 0.4) is 0 Å². The number of hydrogen-bond acceptors (Lipinski definition) is 3. The largest absolute Gasteiger partial charge is 0.417 e. The summed E-state index contributed by atoms with van der Waals surface area (Å²) in [5.41, 5.74) is -1.66. The van der Waals surface area contributed by atoms with Gasteiger partial charge in [0.05, 0.1) is 5.56 Å². The first-order valence-corrected chi connectivity index (χ1v) is 7.80. The molecule has 1 aromatic heterocycles. The van der Waals surface area contributed by atoms with Crippen LogP contribution in [0.4, 0.5) is 18.0 Å². The van der Waals surface area contributed by atoms with E-state index in [0.29, 0.717) is 31.9 Å². The van der Waals surface area contributed by atoms with Gasteiger partial charge in [-0.3, -0.25) is 9.59 Å². The van der Waals surface area contributed by atoms with Gasteiger partial charge in [0.2, 0.25) is 5.91 Å². The lowest BCUT2D eigenvalue weighted by Gasteiger charge is -2.34. The van der Waals surface area contributed by atoms with Gasteiger partial charge in [-0.2, -0.15) is 13.2 Å². The van der Waals surface area contributed by atoms with Crippen molar-refractivity contribution in [3.05, 3.63) is 34.2 Å². The van der Waals surface area contributed by atoms with Crippen LogP contribution in [0.2, 0.25) is 0 Å². The minimum Gasteiger partial charge on any atom is -0.338 e. The van der Waals surface area contributed by atoms with E-state index in [1.165, 1.54) is 4.90 Å². The maximum atomic E-state index is 12.7. The minimum absolute atomic E-state index is 0.219. The predicted molar refractivity (Wildman–Crippen MR) is 82.9 cm³/mol. The maximum Gasteiger partial charge on any atom is 0.417 e. The predicted octanol–water partition coefficient (Wildman–Crippen LogP) is 0.741. The standard InChI is InChI=1S/C15H19F3N4O3/c1-2-19-14(25)21-7-5-20(6-8-21)13(24)10-22-9-11(15(16,17)18)3-4-12(22)23/h3-4,9H,2,5-8,10H2,1H3,(H,19,25). The van der Waals surface area contributed by atoms with Crippen molar-refractivity contribution in [1.82, 2.24) is 19.7 Å². The Morgan fingerprint density at radius 1 is 1.12 bits per heavy atom. The molecule has 138 valence electrons. The minimum atomic E-state index is -4.59. The van der Waals surface area contributed by atoms with Crippen LogP contribution in [0.15, 0.2) is 23.1 Å². The molecule has 1 aromatic rings. The van der Waals surface area contributed by atoms with E-state index >= 15 is 0 Å². The molecule has 0 aromatic carbocycles. The van der Waals surface area contributed by atoms with Crippen molar-refractivity contribution in [3.8, 4) is 0 Å². The Morgan fingerprint density at radius 3 is 2.28 bits per heavy atom. The summed E-state index contributed by atoms with van der Waals surface area (Å²) in [6.07, 6.45) is -3.94. The number of hydrogen-bond donors (Lipinski definition) is 1. The lowest BCUT2D eigenvalue weighted by atomic mass is 10.2. The Labute approximate surface area is 142 Å². The zero-order chi connectivity index (χ0) is 18.6. The van der Waals surface area contributed by atoms with Crippen LogP contribution < -0.4 is 10.9 Å². The number of nitrogens with zero attached hydrogens (tertiary/aromatic N) is 3. The number of halogens is 3. The maximum absolute atomic E-state index is 12.7. The summed E-state index contributed by atoms with van der Waals surface area (Å²) in [6, 6.07) is 1.26. The Hall–Kier alpha value is -2.52. The van der Waals surface area contributed by atoms with E-state index in [4.69, 9.17) is 0 Å². The van der Waals surface area contributed by atoms with Crippen molar-refractivity contribution in [2.45, 2.75) is 19.6 Å². The summed E-state index contributed by atoms with van der Waals surface area (Å²) in [4.78, 5) is 38.6. The number of pyridine rings is 1. The molecule has 0 aliphatic carbocycles. The fourth-order valence-electron chi connectivity index (χ4n) is 2.49. The number of piperazine rings is 1. The molecule has 25 heavy (non-hydrogen) atoms. The SMILES string of the molecule is CCNC(=O)N1CCN(C(=O)Cn2cc(C(F)(F)F)ccc2=O)CC1. The molecule has 1 fully saturated rings. The van der Waals surface area contributed by atoms with Crippen LogP contribution in [-0.4, -0.2) is 59.0 Å². The van der Waals surface area contributed by atoms with E-state index in [1.54, 1.807) is 11.8 Å². The second kappa shape index (κ2) is 7.58. The number of rotatable bonds is 3. The molecule has 1 saturated heterocycles. The molecule has 1 aliphatic rings. The third-order valence-electron chi connectivity index (χ3n) is 3.86. The summed E-state index contributed by atoms with van der Waals surface area (Å²) in [5.74, 6) is -0.461. The van der Waals surface area contributed by atoms with E-state index in [-0.39, 0.29) is 19.1 Å². The summed E-state index contributed by atoms with van der Waals surface area (Å²) in [7, 11) is 0. The number of nitrogens with one attached hydrogen (secondary N) is 1. The van der Waals surface area contributed by atoms with Gasteiger partial charge in [-0.25, -0.2) is 4.79 Å². The monoisotopic (exact) mass is 360 g/mol. The highest BCUT2D eigenvalue weighted by atomic mass is 19.4. The first-order valence-electron chi connectivity index (χ1n) is 7.80. The van der Waals surface area contributed by atoms with Gasteiger partial charge in [-0.05, 0) is 13.0 Å². The molecule has 2 heterocycles. The normalized spacial score (nSPS) is 15.2. The number of carbonyl (C=O) groups is 2. The molecule has 0 atom stereocenters. The highest BCUT2D eigenvalue weighted by molar-refractivity contribution is 5.77. The van der Waals surface area contributed by atoms with E-state index in [1.807, 2.05) is 0 Å². The Kier molecular flexibility index (Phi) is 5.70. The van der Waals surface area contributed by atoms with Crippen LogP contribution >= 0.6 is 0 Å². The number of aromatic nitrogens is 1. The topological polar surface area (TPSA) is 74.7 Å². The highest BCUT2D eigenvalue weighted by Crippen LogP contribution is 2.28. The molecule has 2 rings (SSSR count). The quantitative estimate of drug-likeness (QED) is 0.864. The van der Waals surface area contributed by atoms with Gasteiger partial charge in [0.15, 0.2) is 0 Å². The summed E-state index contributed by atoms with van der Waals surface area (Å²) in [5, 5.41) is 2.66. The van der Waals surface area contributed by atoms with E-state index in [9.17, 15) is 27.6 Å². The number of alkyl halides is 3. The smallest absolute Gasteiger partial charge is 0.338 e. The van der Waals surface area contributed by atoms with Crippen molar-refractivity contribution in [2.24, 2.45) is 0 Å². The van der Waals surface area contributed by atoms with Gasteiger partial charge >= 0.3 is 12.2 Å². The summed E-state index contributed by atoms with van der Waals surface area (Å²) in [6.45, 7) is 3.02. The molecule has 0 radical (unpaired) electrons. The average Bonchev–Trinajstić information content (AvgIpc) is 2.56. The van der Waals surface area contributed by atoms with Crippen molar-refractivity contribution >= 4 is 11.9 Å². The molecule has 1 aliphatic heterocycles. The van der Waals surface area contributed by atoms with Crippen LogP contribution in [-0.2, 0) is 17.5 Å². The first kappa shape index (κ1) is 18.8. The highest BCUT2D eigenvalue weighted by Gasteiger charge is 2.31. The van der Waals surface area contributed by atoms with Crippen LogP contribution in [0.1, 0.15) is 12.5 Å². The number of urea groups is 1. The fourth-order valence-corrected chi connectivity index (χ4v) is 2.49. The average molecular weight is 360 g/mol. The number of amides is 3. The van der Waals surface area contributed by atoms with E-state index < -0.39 is 29.8 Å². The van der Waals surface area contributed by atoms with Gasteiger partial charge in [0.1, 0.15) is 6.54 Å². The molecule has 0 unspecified atom stereocenters. The molecular formula is C15H19F3N4O3. The molecule has 0 bridgehead atoms. The number of carbonyl (C=O) groups excluding carboxylic acids is 2. The van der Waals surface area contributed by atoms with Crippen molar-refractivity contribution in [2.75, 3.05) is 32.7 Å². The van der Waals surface area contributed by atoms with Crippen LogP contribution in [0.25, 0.3) is 0 Å². The Balaban J connectivity index is 2.00. The molecule has 1 N–H and O–H groups in total. The molecule has 10 heteroatoms. The van der Waals surface area contributed by atoms with E-state index in [2.05, 4.69) is 5.32 Å². The molecule has 7 nitrogen and oxygen atoms in total. The zero-order valence-corrected chi connectivity index (χ0v) is 13.7. The molecule has 0 spiro atoms. The Bertz CT molecular complexity index is 694. The second-order valence-electron chi connectivity index (χ2n) is 5.58. The first-order chi connectivity index (χ1) is 11.7. The van der Waals surface area contributed by atoms with E-state index in [0.717, 1.165) is 10.6 Å². The summed E-state index contributed by atoms with van der Waals surface area (Å²) >= 11 is 0. The second-order valence-corrected chi connectivity index (χ2v) is 5.58. The third-order valence-corrected chi connectivity index (χ3v) is 3.86. The Morgan fingerprint density at radius 2 is 1.72 bits per heavy atom. The van der Waals surface area contributed by atoms with Crippen LogP contribution in [0, 0.1) is 0 Å². The van der Waals surface area contributed by atoms with Crippen molar-refractivity contribution in [1.29, 1.82) is 0 Å².